The molecule has 4 nitrogen and oxygen atoms in total. The lowest BCUT2D eigenvalue weighted by Gasteiger charge is -2.58. The van der Waals surface area contributed by atoms with Gasteiger partial charge in [-0.25, -0.2) is 0 Å². The summed E-state index contributed by atoms with van der Waals surface area (Å²) in [7, 11) is 5.93. The lowest BCUT2D eigenvalue weighted by atomic mass is 9.46. The van der Waals surface area contributed by atoms with E-state index < -0.39 is 0 Å². The summed E-state index contributed by atoms with van der Waals surface area (Å²) in [5.74, 6) is 2.19. The molecule has 4 heteroatoms. The Kier molecular flexibility index (Phi) is 6.09. The highest BCUT2D eigenvalue weighted by Crippen LogP contribution is 2.61. The molecule has 2 fully saturated rings. The average Bonchev–Trinajstić information content (AvgIpc) is 3.06. The number of nitrogens with one attached hydrogen (secondary N) is 1. The van der Waals surface area contributed by atoms with E-state index in [9.17, 15) is 4.79 Å². The molecule has 0 radical (unpaired) electrons. The van der Waals surface area contributed by atoms with Crippen molar-refractivity contribution in [1.82, 2.24) is 10.2 Å². The van der Waals surface area contributed by atoms with E-state index in [1.807, 2.05) is 6.26 Å². The van der Waals surface area contributed by atoms with Crippen molar-refractivity contribution < 1.29 is 9.21 Å². The molecule has 0 aromatic carbocycles. The average molecular weight is 387 g/mol. The van der Waals surface area contributed by atoms with E-state index in [-0.39, 0.29) is 16.7 Å². The number of amides is 1. The Morgan fingerprint density at radius 3 is 2.79 bits per heavy atom. The maximum Gasteiger partial charge on any atom is 0.225 e. The zero-order valence-electron chi connectivity index (χ0n) is 18.4. The van der Waals surface area contributed by atoms with Crippen LogP contribution < -0.4 is 5.32 Å². The van der Waals surface area contributed by atoms with Crippen LogP contribution in [0.5, 0.6) is 0 Å². The zero-order valence-corrected chi connectivity index (χ0v) is 18.4. The quantitative estimate of drug-likeness (QED) is 0.715. The first kappa shape index (κ1) is 21.2. The molecule has 156 valence electrons. The maximum absolute atomic E-state index is 12.8. The van der Waals surface area contributed by atoms with Gasteiger partial charge in [0.1, 0.15) is 5.76 Å². The second-order valence-electron chi connectivity index (χ2n) is 9.80. The number of fused-ring (bicyclic) bond motifs is 1. The first-order valence-corrected chi connectivity index (χ1v) is 10.8. The Balaban J connectivity index is 1.82. The van der Waals surface area contributed by atoms with Crippen molar-refractivity contribution in [1.29, 1.82) is 0 Å². The minimum atomic E-state index is -0.258. The minimum absolute atomic E-state index is 0.153. The van der Waals surface area contributed by atoms with Gasteiger partial charge < -0.3 is 14.6 Å². The molecule has 0 saturated heterocycles. The first-order chi connectivity index (χ1) is 13.2. The molecular formula is C24H38N2O2. The lowest BCUT2D eigenvalue weighted by molar-refractivity contribution is -0.145. The minimum Gasteiger partial charge on any atom is -0.468 e. The molecule has 1 N–H and O–H groups in total. The molecule has 2 aliphatic carbocycles. The highest BCUT2D eigenvalue weighted by molar-refractivity contribution is 5.82. The molecule has 2 aliphatic rings. The number of aryl methyl sites for hydroxylation is 1. The van der Waals surface area contributed by atoms with Crippen molar-refractivity contribution in [2.75, 3.05) is 21.1 Å². The van der Waals surface area contributed by atoms with Gasteiger partial charge in [-0.3, -0.25) is 4.79 Å². The fourth-order valence-corrected chi connectivity index (χ4v) is 6.36. The number of allylic oxidation sites excluding steroid dienone is 1. The van der Waals surface area contributed by atoms with Crippen LogP contribution in [0.1, 0.15) is 63.7 Å². The van der Waals surface area contributed by atoms with Gasteiger partial charge in [0.15, 0.2) is 0 Å². The highest BCUT2D eigenvalue weighted by Gasteiger charge is 2.56. The van der Waals surface area contributed by atoms with Crippen molar-refractivity contribution in [2.45, 2.75) is 65.3 Å². The monoisotopic (exact) mass is 386 g/mol. The van der Waals surface area contributed by atoms with Gasteiger partial charge >= 0.3 is 0 Å². The molecule has 1 aromatic rings. The first-order valence-electron chi connectivity index (χ1n) is 10.8. The molecule has 0 bridgehead atoms. The molecule has 1 aromatic heterocycles. The second-order valence-corrected chi connectivity index (χ2v) is 9.80. The third kappa shape index (κ3) is 3.68. The molecule has 4 atom stereocenters. The van der Waals surface area contributed by atoms with Crippen LogP contribution in [0.4, 0.5) is 0 Å². The standard InChI is InChI=1S/C24H38N2O2/c1-17-8-11-21-23(2,13-7-14-24(21,3)22(27)25-4)19(17)10-9-18-12-15-28-20(18)16-26(5)6/h12,15,19,21H,1,7-11,13-14,16H2,2-6H3,(H,25,27)/t19-,21?,23+,24-/m0/s1. The van der Waals surface area contributed by atoms with Gasteiger partial charge in [-0.15, -0.1) is 0 Å². The predicted octanol–water partition coefficient (Wildman–Crippen LogP) is 4.80. The van der Waals surface area contributed by atoms with Crippen molar-refractivity contribution in [3.63, 3.8) is 0 Å². The van der Waals surface area contributed by atoms with Crippen molar-refractivity contribution in [2.24, 2.45) is 22.7 Å². The van der Waals surface area contributed by atoms with Gasteiger partial charge in [0.05, 0.1) is 12.8 Å². The summed E-state index contributed by atoms with van der Waals surface area (Å²) in [4.78, 5) is 15.0. The van der Waals surface area contributed by atoms with E-state index >= 15 is 0 Å². The Morgan fingerprint density at radius 1 is 1.36 bits per heavy atom. The summed E-state index contributed by atoms with van der Waals surface area (Å²) in [5.41, 5.74) is 2.60. The van der Waals surface area contributed by atoms with Crippen LogP contribution in [0.2, 0.25) is 0 Å². The summed E-state index contributed by atoms with van der Waals surface area (Å²) in [6.07, 6.45) is 9.39. The van der Waals surface area contributed by atoms with E-state index in [0.29, 0.717) is 11.8 Å². The van der Waals surface area contributed by atoms with Crippen LogP contribution in [0.15, 0.2) is 28.9 Å². The van der Waals surface area contributed by atoms with Crippen LogP contribution >= 0.6 is 0 Å². The summed E-state index contributed by atoms with van der Waals surface area (Å²) < 4.78 is 5.74. The van der Waals surface area contributed by atoms with E-state index in [1.54, 1.807) is 7.05 Å². The third-order valence-electron chi connectivity index (χ3n) is 7.77. The van der Waals surface area contributed by atoms with Crippen molar-refractivity contribution >= 4 is 5.91 Å². The van der Waals surface area contributed by atoms with Crippen LogP contribution in [-0.2, 0) is 17.8 Å². The van der Waals surface area contributed by atoms with Crippen LogP contribution in [0, 0.1) is 22.7 Å². The molecule has 1 heterocycles. The Labute approximate surface area is 170 Å². The topological polar surface area (TPSA) is 45.5 Å². The Bertz CT molecular complexity index is 722. The number of hydrogen-bond donors (Lipinski definition) is 1. The summed E-state index contributed by atoms with van der Waals surface area (Å²) in [6.45, 7) is 9.95. The van der Waals surface area contributed by atoms with Gasteiger partial charge in [0.2, 0.25) is 5.91 Å². The smallest absolute Gasteiger partial charge is 0.225 e. The van der Waals surface area contributed by atoms with Crippen LogP contribution in [-0.4, -0.2) is 32.0 Å². The SMILES string of the molecule is C=C1CCC2[C@](C)(CCC[C@]2(C)C(=O)NC)[C@H]1CCc1ccoc1CN(C)C. The fourth-order valence-electron chi connectivity index (χ4n) is 6.36. The molecule has 28 heavy (non-hydrogen) atoms. The number of hydrogen-bond acceptors (Lipinski definition) is 3. The van der Waals surface area contributed by atoms with Crippen molar-refractivity contribution in [3.05, 3.63) is 35.8 Å². The molecular weight excluding hydrogens is 348 g/mol. The lowest BCUT2D eigenvalue weighted by Crippen LogP contribution is -2.55. The van der Waals surface area contributed by atoms with Gasteiger partial charge in [0.25, 0.3) is 0 Å². The number of carbonyl (C=O) groups is 1. The largest absolute Gasteiger partial charge is 0.468 e. The number of nitrogens with zero attached hydrogens (tertiary/aromatic N) is 1. The highest BCUT2D eigenvalue weighted by atomic mass is 16.3. The zero-order chi connectivity index (χ0) is 20.5. The number of rotatable bonds is 6. The molecule has 1 unspecified atom stereocenters. The van der Waals surface area contributed by atoms with E-state index in [4.69, 9.17) is 4.42 Å². The predicted molar refractivity (Wildman–Crippen MR) is 114 cm³/mol. The number of furan rings is 1. The molecule has 0 aliphatic heterocycles. The maximum atomic E-state index is 12.8. The second kappa shape index (κ2) is 8.06. The summed E-state index contributed by atoms with van der Waals surface area (Å²) in [5, 5.41) is 2.95. The summed E-state index contributed by atoms with van der Waals surface area (Å²) >= 11 is 0. The normalized spacial score (nSPS) is 33.0. The molecule has 1 amide bonds. The Hall–Kier alpha value is -1.55. The molecule has 0 spiro atoms. The van der Waals surface area contributed by atoms with Gasteiger partial charge in [-0.05, 0) is 81.5 Å². The van der Waals surface area contributed by atoms with E-state index in [2.05, 4.69) is 50.8 Å². The van der Waals surface area contributed by atoms with Crippen molar-refractivity contribution in [3.8, 4) is 0 Å². The van der Waals surface area contributed by atoms with Crippen LogP contribution in [0.3, 0.4) is 0 Å². The van der Waals surface area contributed by atoms with Crippen LogP contribution in [0.25, 0.3) is 0 Å². The summed E-state index contributed by atoms with van der Waals surface area (Å²) in [6, 6.07) is 2.12. The molecule has 3 rings (SSSR count). The fraction of sp³-hybridized carbons (Fsp3) is 0.708. The van der Waals surface area contributed by atoms with E-state index in [1.165, 1.54) is 17.6 Å². The van der Waals surface area contributed by atoms with Gasteiger partial charge in [-0.2, -0.15) is 0 Å². The Morgan fingerprint density at radius 2 is 2.11 bits per heavy atom. The van der Waals surface area contributed by atoms with Gasteiger partial charge in [0, 0.05) is 12.5 Å². The van der Waals surface area contributed by atoms with E-state index in [0.717, 1.165) is 50.8 Å². The molecule has 2 saturated carbocycles. The van der Waals surface area contributed by atoms with Gasteiger partial charge in [-0.1, -0.05) is 32.4 Å². The third-order valence-corrected chi connectivity index (χ3v) is 7.77. The number of carbonyl (C=O) groups excluding carboxylic acids is 1.